The van der Waals surface area contributed by atoms with Crippen LogP contribution in [0.4, 0.5) is 5.69 Å². The number of nitrogens with two attached hydrogens (primary N) is 1. The Hall–Kier alpha value is -2.70. The number of nitrogens with one attached hydrogen (secondary N) is 1. The maximum atomic E-state index is 12.8. The lowest BCUT2D eigenvalue weighted by Crippen LogP contribution is -2.61. The standard InChI is InChI=1S/C21H24N4O3/c22-18-16(20(28)25(24-18)15-4-2-1-3-5-15)17(26)19(27)23-21-9-12-6-13(10-21)8-14(7-12)11-21/h1-5,12-14,16H,6-11H2,(H2,22,24)(H,23,27)/t12?,13?,14?,16-,21?/m1/s1. The van der Waals surface area contributed by atoms with Crippen molar-refractivity contribution in [3.05, 3.63) is 30.3 Å². The molecule has 146 valence electrons. The van der Waals surface area contributed by atoms with E-state index in [2.05, 4.69) is 10.4 Å². The van der Waals surface area contributed by atoms with Crippen LogP contribution in [0.1, 0.15) is 38.5 Å². The summed E-state index contributed by atoms with van der Waals surface area (Å²) in [6.07, 6.45) is 6.56. The number of hydrogen-bond acceptors (Lipinski definition) is 5. The van der Waals surface area contributed by atoms with Gasteiger partial charge in [-0.05, 0) is 68.4 Å². The first-order valence-corrected chi connectivity index (χ1v) is 10.0. The minimum atomic E-state index is -1.34. The fraction of sp³-hybridized carbons (Fsp3) is 0.524. The second-order valence-corrected chi connectivity index (χ2v) is 8.96. The zero-order valence-electron chi connectivity index (χ0n) is 15.6. The number of carbonyl (C=O) groups is 3. The molecule has 7 nitrogen and oxygen atoms in total. The predicted octanol–water partition coefficient (Wildman–Crippen LogP) is 1.58. The third-order valence-electron chi connectivity index (χ3n) is 6.87. The van der Waals surface area contributed by atoms with Crippen LogP contribution in [-0.2, 0) is 14.4 Å². The average molecular weight is 380 g/mol. The van der Waals surface area contributed by atoms with E-state index in [0.29, 0.717) is 23.4 Å². The number of amides is 2. The van der Waals surface area contributed by atoms with Crippen molar-refractivity contribution >= 4 is 29.1 Å². The fourth-order valence-electron chi connectivity index (χ4n) is 6.17. The Morgan fingerprint density at radius 2 is 1.61 bits per heavy atom. The lowest BCUT2D eigenvalue weighted by atomic mass is 9.53. The topological polar surface area (TPSA) is 105 Å². The molecule has 0 spiro atoms. The van der Waals surface area contributed by atoms with Crippen molar-refractivity contribution in [3.63, 3.8) is 0 Å². The first-order valence-electron chi connectivity index (χ1n) is 10.0. The van der Waals surface area contributed by atoms with Gasteiger partial charge in [-0.25, -0.2) is 0 Å². The first kappa shape index (κ1) is 17.4. The molecule has 0 saturated heterocycles. The van der Waals surface area contributed by atoms with E-state index in [1.165, 1.54) is 19.3 Å². The highest BCUT2D eigenvalue weighted by molar-refractivity contribution is 6.47. The first-order chi connectivity index (χ1) is 13.4. The van der Waals surface area contributed by atoms with Crippen molar-refractivity contribution in [3.8, 4) is 0 Å². The Kier molecular flexibility index (Phi) is 3.82. The van der Waals surface area contributed by atoms with E-state index in [1.54, 1.807) is 24.3 Å². The second kappa shape index (κ2) is 6.15. The predicted molar refractivity (Wildman–Crippen MR) is 103 cm³/mol. The minimum Gasteiger partial charge on any atom is -0.385 e. The average Bonchev–Trinajstić information content (AvgIpc) is 2.94. The summed E-state index contributed by atoms with van der Waals surface area (Å²) in [4.78, 5) is 38.4. The Morgan fingerprint density at radius 3 is 2.18 bits per heavy atom. The van der Waals surface area contributed by atoms with Crippen LogP contribution in [-0.4, -0.2) is 29.0 Å². The molecule has 7 heteroatoms. The van der Waals surface area contributed by atoms with Crippen molar-refractivity contribution in [1.29, 1.82) is 0 Å². The largest absolute Gasteiger partial charge is 0.385 e. The highest BCUT2D eigenvalue weighted by Gasteiger charge is 2.53. The van der Waals surface area contributed by atoms with Crippen molar-refractivity contribution in [1.82, 2.24) is 5.32 Å². The zero-order valence-corrected chi connectivity index (χ0v) is 15.6. The van der Waals surface area contributed by atoms with Gasteiger partial charge < -0.3 is 11.1 Å². The molecule has 6 rings (SSSR count). The van der Waals surface area contributed by atoms with Crippen LogP contribution in [0.2, 0.25) is 0 Å². The van der Waals surface area contributed by atoms with E-state index in [9.17, 15) is 14.4 Å². The van der Waals surface area contributed by atoms with Gasteiger partial charge in [-0.3, -0.25) is 14.4 Å². The number of carbonyl (C=O) groups excluding carboxylic acids is 3. The highest BCUT2D eigenvalue weighted by Crippen LogP contribution is 2.55. The lowest BCUT2D eigenvalue weighted by Gasteiger charge is -2.56. The van der Waals surface area contributed by atoms with Gasteiger partial charge in [0.2, 0.25) is 5.78 Å². The SMILES string of the molecule is NC1=NN(c2ccccc2)C(=O)[C@@H]1C(=O)C(=O)NC12CC3CC(CC(C3)C1)C2. The quantitative estimate of drug-likeness (QED) is 0.611. The van der Waals surface area contributed by atoms with Crippen LogP contribution >= 0.6 is 0 Å². The number of anilines is 1. The summed E-state index contributed by atoms with van der Waals surface area (Å²) in [6.45, 7) is 0. The Bertz CT molecular complexity index is 844. The zero-order chi connectivity index (χ0) is 19.5. The van der Waals surface area contributed by atoms with E-state index in [-0.39, 0.29) is 11.4 Å². The minimum absolute atomic E-state index is 0.125. The number of benzene rings is 1. The van der Waals surface area contributed by atoms with Gasteiger partial charge >= 0.3 is 0 Å². The summed E-state index contributed by atoms with van der Waals surface area (Å²) in [5, 5.41) is 8.16. The molecule has 0 radical (unpaired) electrons. The molecule has 4 bridgehead atoms. The molecule has 1 atom stereocenters. The number of rotatable bonds is 4. The molecule has 2 amide bonds. The van der Waals surface area contributed by atoms with Crippen LogP contribution in [0.15, 0.2) is 35.4 Å². The molecular weight excluding hydrogens is 356 g/mol. The van der Waals surface area contributed by atoms with Gasteiger partial charge in [-0.15, -0.1) is 0 Å². The molecule has 28 heavy (non-hydrogen) atoms. The number of nitrogens with zero attached hydrogens (tertiary/aromatic N) is 2. The van der Waals surface area contributed by atoms with E-state index >= 15 is 0 Å². The third-order valence-corrected chi connectivity index (χ3v) is 6.87. The number of amidine groups is 1. The highest BCUT2D eigenvalue weighted by atomic mass is 16.2. The molecule has 1 aromatic rings. The van der Waals surface area contributed by atoms with Gasteiger partial charge in [0.15, 0.2) is 5.92 Å². The summed E-state index contributed by atoms with van der Waals surface area (Å²) >= 11 is 0. The van der Waals surface area contributed by atoms with Crippen molar-refractivity contribution in [2.24, 2.45) is 34.5 Å². The van der Waals surface area contributed by atoms with Crippen LogP contribution in [0.25, 0.3) is 0 Å². The molecule has 1 aromatic carbocycles. The molecular formula is C21H24N4O3. The number of hydrazone groups is 1. The molecule has 1 heterocycles. The lowest BCUT2D eigenvalue weighted by molar-refractivity contribution is -0.144. The molecule has 0 aromatic heterocycles. The molecule has 3 N–H and O–H groups in total. The van der Waals surface area contributed by atoms with Crippen LogP contribution < -0.4 is 16.1 Å². The maximum Gasteiger partial charge on any atom is 0.289 e. The van der Waals surface area contributed by atoms with Crippen molar-refractivity contribution in [2.45, 2.75) is 44.1 Å². The van der Waals surface area contributed by atoms with E-state index < -0.39 is 23.5 Å². The molecule has 4 aliphatic carbocycles. The normalized spacial score (nSPS) is 35.8. The summed E-state index contributed by atoms with van der Waals surface area (Å²) in [7, 11) is 0. The number of ketones is 1. The summed E-state index contributed by atoms with van der Waals surface area (Å²) in [5.74, 6) is -1.60. The molecule has 5 aliphatic rings. The van der Waals surface area contributed by atoms with Gasteiger partial charge in [0.25, 0.3) is 11.8 Å². The third kappa shape index (κ3) is 2.72. The number of hydrogen-bond donors (Lipinski definition) is 2. The number of para-hydroxylation sites is 1. The smallest absolute Gasteiger partial charge is 0.289 e. The van der Waals surface area contributed by atoms with E-state index in [0.717, 1.165) is 24.3 Å². The molecule has 0 unspecified atom stereocenters. The maximum absolute atomic E-state index is 12.8. The van der Waals surface area contributed by atoms with Gasteiger partial charge in [0.1, 0.15) is 5.84 Å². The molecule has 1 aliphatic heterocycles. The van der Waals surface area contributed by atoms with Crippen LogP contribution in [0, 0.1) is 23.7 Å². The molecule has 4 fully saturated rings. The summed E-state index contributed by atoms with van der Waals surface area (Å²) in [5.41, 5.74) is 6.12. The molecule has 4 saturated carbocycles. The van der Waals surface area contributed by atoms with Gasteiger partial charge in [-0.2, -0.15) is 10.1 Å². The Labute approximate surface area is 163 Å². The Balaban J connectivity index is 1.32. The van der Waals surface area contributed by atoms with Crippen LogP contribution in [0.3, 0.4) is 0 Å². The monoisotopic (exact) mass is 380 g/mol. The van der Waals surface area contributed by atoms with Gasteiger partial charge in [-0.1, -0.05) is 18.2 Å². The van der Waals surface area contributed by atoms with E-state index in [1.807, 2.05) is 6.07 Å². The fourth-order valence-corrected chi connectivity index (χ4v) is 6.17. The number of Topliss-reactive ketones (excluding diaryl/α,β-unsaturated/α-hetero) is 1. The second-order valence-electron chi connectivity index (χ2n) is 8.96. The van der Waals surface area contributed by atoms with Gasteiger partial charge in [0.05, 0.1) is 5.69 Å². The summed E-state index contributed by atoms with van der Waals surface area (Å²) in [6, 6.07) is 8.76. The summed E-state index contributed by atoms with van der Waals surface area (Å²) < 4.78 is 0. The van der Waals surface area contributed by atoms with Crippen molar-refractivity contribution in [2.75, 3.05) is 5.01 Å². The van der Waals surface area contributed by atoms with Gasteiger partial charge in [0, 0.05) is 5.54 Å². The van der Waals surface area contributed by atoms with E-state index in [4.69, 9.17) is 5.73 Å². The van der Waals surface area contributed by atoms with Crippen LogP contribution in [0.5, 0.6) is 0 Å². The van der Waals surface area contributed by atoms with Crippen molar-refractivity contribution < 1.29 is 14.4 Å². The Morgan fingerprint density at radius 1 is 1.04 bits per heavy atom.